The molecule has 0 fully saturated rings. The maximum absolute atomic E-state index is 10.8. The Kier molecular flexibility index (Phi) is 6.32. The van der Waals surface area contributed by atoms with Crippen LogP contribution in [-0.4, -0.2) is 20.2 Å². The van der Waals surface area contributed by atoms with Crippen molar-refractivity contribution in [3.63, 3.8) is 0 Å². The zero-order valence-corrected chi connectivity index (χ0v) is 11.0. The molecule has 0 aromatic heterocycles. The molecule has 0 saturated carbocycles. The van der Waals surface area contributed by atoms with Crippen LogP contribution in [0, 0.1) is 0 Å². The molecule has 0 spiro atoms. The summed E-state index contributed by atoms with van der Waals surface area (Å²) < 4.78 is 9.93. The van der Waals surface area contributed by atoms with Crippen LogP contribution in [-0.2, 0) is 27.9 Å². The number of rotatable bonds is 3. The van der Waals surface area contributed by atoms with Gasteiger partial charge in [0.25, 0.3) is 0 Å². The number of carbonyl (C=O) groups is 1. The van der Waals surface area contributed by atoms with E-state index < -0.39 is 13.6 Å². The van der Waals surface area contributed by atoms with Gasteiger partial charge in [-0.25, -0.2) is 0 Å². The van der Waals surface area contributed by atoms with Crippen LogP contribution in [0.3, 0.4) is 0 Å². The third-order valence-corrected chi connectivity index (χ3v) is 6.68. The molecule has 3 nitrogen and oxygen atoms in total. The summed E-state index contributed by atoms with van der Waals surface area (Å²) in [5.74, 6) is -0.253. The molecular formula is C5H7IO3Zn. The third-order valence-electron chi connectivity index (χ3n) is 0.852. The fourth-order valence-electron chi connectivity index (χ4n) is 0.408. The van der Waals surface area contributed by atoms with Crippen LogP contribution in [0.4, 0.5) is 0 Å². The molecule has 0 rings (SSSR count). The van der Waals surface area contributed by atoms with Gasteiger partial charge in [-0.3, -0.25) is 0 Å². The number of methoxy groups -OCH3 is 2. The Morgan fingerprint density at radius 2 is 2.20 bits per heavy atom. The van der Waals surface area contributed by atoms with Crippen LogP contribution in [0.5, 0.6) is 0 Å². The number of halogens is 1. The van der Waals surface area contributed by atoms with Gasteiger partial charge in [0.15, 0.2) is 0 Å². The molecule has 0 saturated heterocycles. The normalized spacial score (nSPS) is 10.1. The number of esters is 1. The van der Waals surface area contributed by atoms with Crippen LogP contribution < -0.4 is 0 Å². The molecule has 0 aromatic carbocycles. The van der Waals surface area contributed by atoms with Gasteiger partial charge >= 0.3 is 78.2 Å². The molecule has 0 amide bonds. The molecular weight excluding hydrogens is 300 g/mol. The predicted octanol–water partition coefficient (Wildman–Crippen LogP) is 1.08. The van der Waals surface area contributed by atoms with Gasteiger partial charge in [-0.05, 0) is 0 Å². The Morgan fingerprint density at radius 1 is 1.60 bits per heavy atom. The molecule has 0 bridgehead atoms. The SMILES string of the molecule is CO/C=[C](\[Zn][I])C(=O)OC. The number of hydrogen-bond acceptors (Lipinski definition) is 3. The van der Waals surface area contributed by atoms with Crippen LogP contribution in [0.25, 0.3) is 0 Å². The molecule has 0 heterocycles. The summed E-state index contributed by atoms with van der Waals surface area (Å²) in [7, 11) is 2.90. The summed E-state index contributed by atoms with van der Waals surface area (Å²) >= 11 is 1.35. The topological polar surface area (TPSA) is 35.5 Å². The third kappa shape index (κ3) is 3.51. The van der Waals surface area contributed by atoms with Gasteiger partial charge in [0.1, 0.15) is 0 Å². The average molecular weight is 307 g/mol. The van der Waals surface area contributed by atoms with E-state index in [0.717, 1.165) is 4.17 Å². The van der Waals surface area contributed by atoms with Crippen LogP contribution in [0.1, 0.15) is 0 Å². The van der Waals surface area contributed by atoms with Gasteiger partial charge in [-0.1, -0.05) is 0 Å². The molecule has 0 radical (unpaired) electrons. The summed E-state index contributed by atoms with van der Waals surface area (Å²) in [6.45, 7) is 0. The van der Waals surface area contributed by atoms with E-state index in [1.165, 1.54) is 20.5 Å². The van der Waals surface area contributed by atoms with E-state index in [4.69, 9.17) is 4.74 Å². The Morgan fingerprint density at radius 3 is 2.50 bits per heavy atom. The van der Waals surface area contributed by atoms with Gasteiger partial charge in [0, 0.05) is 0 Å². The second-order valence-electron chi connectivity index (χ2n) is 1.50. The van der Waals surface area contributed by atoms with E-state index in [9.17, 15) is 4.79 Å². The van der Waals surface area contributed by atoms with Crippen LogP contribution in [0.2, 0.25) is 0 Å². The van der Waals surface area contributed by atoms with Crippen molar-refractivity contribution in [2.24, 2.45) is 0 Å². The summed E-state index contributed by atoms with van der Waals surface area (Å²) in [6, 6.07) is 0. The van der Waals surface area contributed by atoms with Crippen molar-refractivity contribution in [3.8, 4) is 0 Å². The van der Waals surface area contributed by atoms with Crippen LogP contribution in [0.15, 0.2) is 10.4 Å². The average Bonchev–Trinajstić information content (AvgIpc) is 1.99. The number of ether oxygens (including phenoxy) is 2. The van der Waals surface area contributed by atoms with Gasteiger partial charge < -0.3 is 0 Å². The van der Waals surface area contributed by atoms with Gasteiger partial charge in [-0.15, -0.1) is 0 Å². The molecule has 54 valence electrons. The molecule has 0 atom stereocenters. The Balaban J connectivity index is 4.06. The molecule has 0 aliphatic rings. The van der Waals surface area contributed by atoms with Crippen molar-refractivity contribution in [2.75, 3.05) is 14.2 Å². The first-order valence-electron chi connectivity index (χ1n) is 2.62. The first-order chi connectivity index (χ1) is 4.76. The van der Waals surface area contributed by atoms with Gasteiger partial charge in [0.05, 0.1) is 0 Å². The second kappa shape index (κ2) is 6.10. The minimum absolute atomic E-state index is 0.253. The van der Waals surface area contributed by atoms with Crippen LogP contribution >= 0.6 is 19.8 Å². The van der Waals surface area contributed by atoms with Crippen molar-refractivity contribution < 1.29 is 27.9 Å². The molecule has 0 aliphatic heterocycles. The van der Waals surface area contributed by atoms with Crippen molar-refractivity contribution in [3.05, 3.63) is 10.4 Å². The molecule has 0 unspecified atom stereocenters. The summed E-state index contributed by atoms with van der Waals surface area (Å²) in [4.78, 5) is 10.8. The summed E-state index contributed by atoms with van der Waals surface area (Å²) in [5.41, 5.74) is 0. The zero-order chi connectivity index (χ0) is 7.98. The zero-order valence-electron chi connectivity index (χ0n) is 5.89. The van der Waals surface area contributed by atoms with Crippen molar-refractivity contribution in [1.82, 2.24) is 0 Å². The Bertz CT molecular complexity index is 146. The van der Waals surface area contributed by atoms with E-state index in [-0.39, 0.29) is 5.97 Å². The maximum atomic E-state index is 10.8. The van der Waals surface area contributed by atoms with E-state index in [1.54, 1.807) is 0 Å². The van der Waals surface area contributed by atoms with E-state index in [0.29, 0.717) is 0 Å². The Labute approximate surface area is 77.9 Å². The fourth-order valence-corrected chi connectivity index (χ4v) is 3.97. The number of carbonyl (C=O) groups excluding carboxylic acids is 1. The quantitative estimate of drug-likeness (QED) is 0.257. The van der Waals surface area contributed by atoms with E-state index >= 15 is 0 Å². The van der Waals surface area contributed by atoms with E-state index in [1.807, 2.05) is 0 Å². The predicted molar refractivity (Wildman–Crippen MR) is 41.1 cm³/mol. The summed E-state index contributed by atoms with van der Waals surface area (Å²) in [5, 5.41) is 0. The Hall–Kier alpha value is 0.363. The van der Waals surface area contributed by atoms with Gasteiger partial charge in [-0.2, -0.15) is 0 Å². The van der Waals surface area contributed by atoms with E-state index in [2.05, 4.69) is 24.5 Å². The molecule has 10 heavy (non-hydrogen) atoms. The summed E-state index contributed by atoms with van der Waals surface area (Å²) in [6.07, 6.45) is 1.47. The number of hydrogen-bond donors (Lipinski definition) is 0. The monoisotopic (exact) mass is 306 g/mol. The van der Waals surface area contributed by atoms with Crippen molar-refractivity contribution >= 4 is 25.7 Å². The first-order valence-corrected chi connectivity index (χ1v) is 13.2. The molecule has 5 heteroatoms. The fraction of sp³-hybridized carbons (Fsp3) is 0.400. The molecule has 0 aliphatic carbocycles. The second-order valence-corrected chi connectivity index (χ2v) is 7.63. The minimum atomic E-state index is -0.897. The standard InChI is InChI=1S/C5H7O3.HI.Zn/c1-7-4-3-5(6)8-2;;/h4H,1-2H3;1H;/q;;+1/p-1. The van der Waals surface area contributed by atoms with Crippen molar-refractivity contribution in [1.29, 1.82) is 0 Å². The first kappa shape index (κ1) is 10.4. The molecule has 0 aromatic rings. The molecule has 0 N–H and O–H groups in total. The van der Waals surface area contributed by atoms with Gasteiger partial charge in [0.2, 0.25) is 0 Å². The van der Waals surface area contributed by atoms with Crippen molar-refractivity contribution in [2.45, 2.75) is 0 Å².